The van der Waals surface area contributed by atoms with Gasteiger partial charge in [-0.1, -0.05) is 23.0 Å². The number of nitrogens with two attached hydrogens (primary N) is 1. The highest BCUT2D eigenvalue weighted by Crippen LogP contribution is 2.26. The average molecular weight is 253 g/mol. The molecule has 2 aromatic rings. The number of hydrogen-bond acceptors (Lipinski definition) is 7. The van der Waals surface area contributed by atoms with Crippen molar-refractivity contribution in [3.05, 3.63) is 22.5 Å². The molecular formula is C9H15N7S. The zero-order chi connectivity index (χ0) is 12.3. The summed E-state index contributed by atoms with van der Waals surface area (Å²) in [7, 11) is 1.83. The molecule has 2 heterocycles. The maximum absolute atomic E-state index is 5.62. The number of aromatic nitrogens is 5. The zero-order valence-electron chi connectivity index (χ0n) is 9.79. The predicted octanol–water partition coefficient (Wildman–Crippen LogP) is 0.172. The van der Waals surface area contributed by atoms with Crippen LogP contribution in [0, 0.1) is 0 Å². The Balaban J connectivity index is 2.35. The van der Waals surface area contributed by atoms with E-state index in [-0.39, 0.29) is 6.04 Å². The van der Waals surface area contributed by atoms with Crippen LogP contribution in [-0.4, -0.2) is 24.6 Å². The molecule has 2 rings (SSSR count). The first kappa shape index (κ1) is 12.1. The van der Waals surface area contributed by atoms with E-state index in [2.05, 4.69) is 32.2 Å². The first-order chi connectivity index (χ1) is 8.27. The lowest BCUT2D eigenvalue weighted by Gasteiger charge is -2.14. The second-order valence-electron chi connectivity index (χ2n) is 3.72. The van der Waals surface area contributed by atoms with Gasteiger partial charge >= 0.3 is 0 Å². The second kappa shape index (κ2) is 5.30. The summed E-state index contributed by atoms with van der Waals surface area (Å²) in [5.74, 6) is 5.62. The van der Waals surface area contributed by atoms with Gasteiger partial charge in [0, 0.05) is 7.05 Å². The van der Waals surface area contributed by atoms with Crippen molar-refractivity contribution in [3.63, 3.8) is 0 Å². The van der Waals surface area contributed by atoms with Crippen LogP contribution in [0.4, 0.5) is 0 Å². The molecule has 17 heavy (non-hydrogen) atoms. The first-order valence-electron chi connectivity index (χ1n) is 5.39. The van der Waals surface area contributed by atoms with Crippen LogP contribution in [0.1, 0.15) is 35.7 Å². The standard InChI is InChI=1S/C9H15N7S/c1-3-4-6-9(17-15-13-6)8(12-10)7-5-11-14-16(7)2/h5,8,12H,3-4,10H2,1-2H3. The fourth-order valence-corrected chi connectivity index (χ4v) is 2.47. The molecule has 0 spiro atoms. The minimum Gasteiger partial charge on any atom is -0.270 e. The van der Waals surface area contributed by atoms with Crippen molar-refractivity contribution in [2.24, 2.45) is 12.9 Å². The lowest BCUT2D eigenvalue weighted by atomic mass is 10.1. The van der Waals surface area contributed by atoms with Crippen LogP contribution in [0.2, 0.25) is 0 Å². The van der Waals surface area contributed by atoms with Gasteiger partial charge in [-0.2, -0.15) is 0 Å². The Labute approximate surface area is 103 Å². The van der Waals surface area contributed by atoms with Crippen molar-refractivity contribution in [1.82, 2.24) is 30.0 Å². The molecule has 0 saturated heterocycles. The van der Waals surface area contributed by atoms with E-state index in [0.29, 0.717) is 0 Å². The van der Waals surface area contributed by atoms with Crippen LogP contribution in [0.25, 0.3) is 0 Å². The molecule has 1 atom stereocenters. The molecule has 0 aliphatic heterocycles. The number of aryl methyl sites for hydroxylation is 2. The van der Waals surface area contributed by atoms with E-state index in [1.165, 1.54) is 11.5 Å². The van der Waals surface area contributed by atoms with Crippen molar-refractivity contribution in [2.75, 3.05) is 0 Å². The highest BCUT2D eigenvalue weighted by molar-refractivity contribution is 7.05. The van der Waals surface area contributed by atoms with Crippen molar-refractivity contribution in [1.29, 1.82) is 0 Å². The van der Waals surface area contributed by atoms with Gasteiger partial charge in [-0.3, -0.25) is 10.5 Å². The molecular weight excluding hydrogens is 238 g/mol. The van der Waals surface area contributed by atoms with Crippen LogP contribution in [0.5, 0.6) is 0 Å². The predicted molar refractivity (Wildman–Crippen MR) is 64.1 cm³/mol. The first-order valence-corrected chi connectivity index (χ1v) is 6.17. The molecule has 8 heteroatoms. The third-order valence-corrected chi connectivity index (χ3v) is 3.38. The van der Waals surface area contributed by atoms with Gasteiger partial charge in [0.2, 0.25) is 0 Å². The number of hydrogen-bond donors (Lipinski definition) is 2. The normalized spacial score (nSPS) is 12.9. The zero-order valence-corrected chi connectivity index (χ0v) is 10.6. The van der Waals surface area contributed by atoms with E-state index in [0.717, 1.165) is 29.1 Å². The van der Waals surface area contributed by atoms with Gasteiger partial charge in [0.25, 0.3) is 0 Å². The smallest absolute Gasteiger partial charge is 0.102 e. The third-order valence-electron chi connectivity index (χ3n) is 2.55. The molecule has 0 bridgehead atoms. The number of hydrazine groups is 1. The Morgan fingerprint density at radius 2 is 2.41 bits per heavy atom. The maximum Gasteiger partial charge on any atom is 0.102 e. The van der Waals surface area contributed by atoms with E-state index in [9.17, 15) is 0 Å². The molecule has 0 saturated carbocycles. The molecule has 2 aromatic heterocycles. The number of nitrogens with zero attached hydrogens (tertiary/aromatic N) is 5. The summed E-state index contributed by atoms with van der Waals surface area (Å²) in [6.07, 6.45) is 3.62. The maximum atomic E-state index is 5.62. The largest absolute Gasteiger partial charge is 0.270 e. The highest BCUT2D eigenvalue weighted by atomic mass is 32.1. The van der Waals surface area contributed by atoms with Crippen LogP contribution in [-0.2, 0) is 13.5 Å². The van der Waals surface area contributed by atoms with Gasteiger partial charge in [-0.25, -0.2) is 5.43 Å². The summed E-state index contributed by atoms with van der Waals surface area (Å²) < 4.78 is 5.69. The lowest BCUT2D eigenvalue weighted by molar-refractivity contribution is 0.571. The number of nitrogens with one attached hydrogen (secondary N) is 1. The molecule has 3 N–H and O–H groups in total. The van der Waals surface area contributed by atoms with Crippen molar-refractivity contribution < 1.29 is 0 Å². The molecule has 1 unspecified atom stereocenters. The molecule has 0 aliphatic rings. The SMILES string of the molecule is CCCc1nnsc1C(NN)c1cnnn1C. The Bertz CT molecular complexity index is 477. The third kappa shape index (κ3) is 2.33. The fourth-order valence-electron chi connectivity index (χ4n) is 1.70. The van der Waals surface area contributed by atoms with Crippen LogP contribution in [0.15, 0.2) is 6.20 Å². The molecule has 92 valence electrons. The van der Waals surface area contributed by atoms with E-state index in [1.54, 1.807) is 10.9 Å². The van der Waals surface area contributed by atoms with Gasteiger partial charge in [0.1, 0.15) is 6.04 Å². The Morgan fingerprint density at radius 3 is 3.00 bits per heavy atom. The molecule has 0 fully saturated rings. The summed E-state index contributed by atoms with van der Waals surface area (Å²) in [4.78, 5) is 1.03. The van der Waals surface area contributed by atoms with Crippen LogP contribution >= 0.6 is 11.5 Å². The molecule has 0 aliphatic carbocycles. The minimum atomic E-state index is -0.156. The van der Waals surface area contributed by atoms with Gasteiger partial charge in [0.05, 0.1) is 22.5 Å². The van der Waals surface area contributed by atoms with Crippen LogP contribution < -0.4 is 11.3 Å². The van der Waals surface area contributed by atoms with Gasteiger partial charge in [0.15, 0.2) is 0 Å². The molecule has 7 nitrogen and oxygen atoms in total. The molecule has 0 radical (unpaired) electrons. The second-order valence-corrected chi connectivity index (χ2v) is 4.50. The topological polar surface area (TPSA) is 94.5 Å². The average Bonchev–Trinajstić information content (AvgIpc) is 2.92. The van der Waals surface area contributed by atoms with E-state index < -0.39 is 0 Å². The van der Waals surface area contributed by atoms with Gasteiger partial charge in [-0.05, 0) is 18.0 Å². The fraction of sp³-hybridized carbons (Fsp3) is 0.556. The Morgan fingerprint density at radius 1 is 1.59 bits per heavy atom. The minimum absolute atomic E-state index is 0.156. The quantitative estimate of drug-likeness (QED) is 0.583. The Hall–Kier alpha value is -1.38. The van der Waals surface area contributed by atoms with E-state index in [4.69, 9.17) is 5.84 Å². The summed E-state index contributed by atoms with van der Waals surface area (Å²) in [5, 5.41) is 11.9. The summed E-state index contributed by atoms with van der Waals surface area (Å²) in [6, 6.07) is -0.156. The number of rotatable bonds is 5. The lowest BCUT2D eigenvalue weighted by Crippen LogP contribution is -2.30. The van der Waals surface area contributed by atoms with Crippen molar-refractivity contribution in [3.8, 4) is 0 Å². The molecule has 0 amide bonds. The monoisotopic (exact) mass is 253 g/mol. The van der Waals surface area contributed by atoms with Crippen molar-refractivity contribution >= 4 is 11.5 Å². The van der Waals surface area contributed by atoms with Gasteiger partial charge < -0.3 is 0 Å². The van der Waals surface area contributed by atoms with E-state index in [1.807, 2.05) is 7.05 Å². The summed E-state index contributed by atoms with van der Waals surface area (Å²) in [5.41, 5.74) is 4.66. The summed E-state index contributed by atoms with van der Waals surface area (Å²) >= 11 is 1.36. The highest BCUT2D eigenvalue weighted by Gasteiger charge is 2.22. The Kier molecular flexibility index (Phi) is 3.77. The van der Waals surface area contributed by atoms with Crippen molar-refractivity contribution in [2.45, 2.75) is 25.8 Å². The van der Waals surface area contributed by atoms with E-state index >= 15 is 0 Å². The van der Waals surface area contributed by atoms with Gasteiger partial charge in [-0.15, -0.1) is 10.2 Å². The van der Waals surface area contributed by atoms with Crippen LogP contribution in [0.3, 0.4) is 0 Å². The summed E-state index contributed by atoms with van der Waals surface area (Å²) in [6.45, 7) is 2.11. The molecule has 0 aromatic carbocycles.